The average Bonchev–Trinajstić information content (AvgIpc) is 2.90. The maximum atomic E-state index is 11.4. The highest BCUT2D eigenvalue weighted by Crippen LogP contribution is 2.29. The molecule has 22 heavy (non-hydrogen) atoms. The minimum atomic E-state index is -0.0865. The summed E-state index contributed by atoms with van der Waals surface area (Å²) in [5.41, 5.74) is 1.74. The fourth-order valence-corrected chi connectivity index (χ4v) is 3.18. The van der Waals surface area contributed by atoms with Gasteiger partial charge in [-0.25, -0.2) is 4.98 Å². The van der Waals surface area contributed by atoms with Gasteiger partial charge >= 0.3 is 0 Å². The highest BCUT2D eigenvalue weighted by molar-refractivity contribution is 7.15. The molecule has 4 nitrogen and oxygen atoms in total. The van der Waals surface area contributed by atoms with Crippen molar-refractivity contribution in [2.24, 2.45) is 0 Å². The Morgan fingerprint density at radius 2 is 2.14 bits per heavy atom. The Balaban J connectivity index is 1.90. The summed E-state index contributed by atoms with van der Waals surface area (Å²) < 4.78 is 0.536. The summed E-state index contributed by atoms with van der Waals surface area (Å²) >= 11 is 7.28. The molecule has 1 aromatic heterocycles. The van der Waals surface area contributed by atoms with Crippen molar-refractivity contribution in [3.8, 4) is 0 Å². The van der Waals surface area contributed by atoms with Crippen molar-refractivity contribution in [1.82, 2.24) is 4.98 Å². The van der Waals surface area contributed by atoms with Crippen molar-refractivity contribution < 1.29 is 4.79 Å². The summed E-state index contributed by atoms with van der Waals surface area (Å²) in [7, 11) is 0. The molecule has 112 valence electrons. The third-order valence-corrected chi connectivity index (χ3v) is 4.28. The van der Waals surface area contributed by atoms with Gasteiger partial charge in [0.2, 0.25) is 5.91 Å². The molecule has 6 heteroatoms. The molecule has 0 unspecified atom stereocenters. The molecule has 3 rings (SSSR count). The number of carbonyl (C=O) groups excluding carboxylic acids is 1. The van der Waals surface area contributed by atoms with E-state index < -0.39 is 0 Å². The number of amides is 1. The monoisotopic (exact) mass is 331 g/mol. The van der Waals surface area contributed by atoms with Crippen LogP contribution in [0.5, 0.6) is 0 Å². The molecular weight excluding hydrogens is 318 g/mol. The van der Waals surface area contributed by atoms with Gasteiger partial charge in [0.15, 0.2) is 4.47 Å². The van der Waals surface area contributed by atoms with Crippen LogP contribution < -0.4 is 10.6 Å². The maximum Gasteiger partial charge on any atom is 0.221 e. The fraction of sp³-hybridized carbons (Fsp3) is 0.125. The molecule has 0 aliphatic heterocycles. The van der Waals surface area contributed by atoms with Gasteiger partial charge in [-0.2, -0.15) is 0 Å². The SMILES string of the molecule is CC(=O)Nc1cc(NCc2cnc(Cl)s2)cc2ccccc12. The van der Waals surface area contributed by atoms with E-state index in [4.69, 9.17) is 11.6 Å². The number of aromatic nitrogens is 1. The fourth-order valence-electron chi connectivity index (χ4n) is 2.26. The van der Waals surface area contributed by atoms with Crippen LogP contribution in [-0.4, -0.2) is 10.9 Å². The summed E-state index contributed by atoms with van der Waals surface area (Å²) in [6.45, 7) is 2.15. The number of rotatable bonds is 4. The number of anilines is 2. The quantitative estimate of drug-likeness (QED) is 0.739. The van der Waals surface area contributed by atoms with Crippen LogP contribution in [0.3, 0.4) is 0 Å². The normalized spacial score (nSPS) is 10.6. The van der Waals surface area contributed by atoms with Crippen LogP contribution in [0.4, 0.5) is 11.4 Å². The number of thiazole rings is 1. The number of carbonyl (C=O) groups is 1. The van der Waals surface area contributed by atoms with Crippen LogP contribution in [0.25, 0.3) is 10.8 Å². The molecule has 3 aromatic rings. The number of hydrogen-bond acceptors (Lipinski definition) is 4. The van der Waals surface area contributed by atoms with Crippen molar-refractivity contribution in [3.63, 3.8) is 0 Å². The van der Waals surface area contributed by atoms with E-state index in [1.54, 1.807) is 6.20 Å². The van der Waals surface area contributed by atoms with Crippen molar-refractivity contribution in [1.29, 1.82) is 0 Å². The third-order valence-electron chi connectivity index (χ3n) is 3.16. The van der Waals surface area contributed by atoms with Crippen LogP contribution in [0.15, 0.2) is 42.6 Å². The Morgan fingerprint density at radius 3 is 2.86 bits per heavy atom. The Labute approximate surface area is 137 Å². The molecule has 0 saturated heterocycles. The summed E-state index contributed by atoms with van der Waals surface area (Å²) in [6, 6.07) is 11.9. The Bertz CT molecular complexity index is 831. The molecule has 2 aromatic carbocycles. The molecule has 0 atom stereocenters. The number of benzene rings is 2. The van der Waals surface area contributed by atoms with Crippen molar-refractivity contribution in [3.05, 3.63) is 51.9 Å². The molecule has 2 N–H and O–H groups in total. The van der Waals surface area contributed by atoms with Gasteiger partial charge in [-0.1, -0.05) is 35.9 Å². The minimum absolute atomic E-state index is 0.0865. The number of halogens is 1. The molecule has 1 amide bonds. The molecule has 0 fully saturated rings. The Morgan fingerprint density at radius 1 is 1.32 bits per heavy atom. The molecule has 0 aliphatic carbocycles. The first kappa shape index (κ1) is 14.8. The molecule has 1 heterocycles. The van der Waals surface area contributed by atoms with E-state index in [9.17, 15) is 4.79 Å². The highest BCUT2D eigenvalue weighted by Gasteiger charge is 2.06. The van der Waals surface area contributed by atoms with Gasteiger partial charge in [-0.15, -0.1) is 11.3 Å². The summed E-state index contributed by atoms with van der Waals surface area (Å²) in [6.07, 6.45) is 1.76. The van der Waals surface area contributed by atoms with E-state index >= 15 is 0 Å². The second-order valence-electron chi connectivity index (χ2n) is 4.86. The second-order valence-corrected chi connectivity index (χ2v) is 6.56. The smallest absolute Gasteiger partial charge is 0.221 e. The summed E-state index contributed by atoms with van der Waals surface area (Å²) in [5, 5.41) is 8.31. The van der Waals surface area contributed by atoms with E-state index in [1.807, 2.05) is 30.3 Å². The number of nitrogens with one attached hydrogen (secondary N) is 2. The molecular formula is C16H14ClN3OS. The van der Waals surface area contributed by atoms with E-state index in [1.165, 1.54) is 18.3 Å². The standard InChI is InChI=1S/C16H14ClN3OS/c1-10(21)20-15-7-12(6-11-4-2-3-5-14(11)15)18-8-13-9-19-16(17)22-13/h2-7,9,18H,8H2,1H3,(H,20,21). The zero-order chi connectivity index (χ0) is 15.5. The first-order valence-corrected chi connectivity index (χ1v) is 7.96. The van der Waals surface area contributed by atoms with E-state index in [0.29, 0.717) is 11.0 Å². The van der Waals surface area contributed by atoms with E-state index in [0.717, 1.165) is 27.0 Å². The van der Waals surface area contributed by atoms with Gasteiger partial charge in [-0.3, -0.25) is 4.79 Å². The van der Waals surface area contributed by atoms with Crippen molar-refractivity contribution in [2.45, 2.75) is 13.5 Å². The zero-order valence-corrected chi connectivity index (χ0v) is 13.5. The Kier molecular flexibility index (Phi) is 4.27. The predicted octanol–water partition coefficient (Wildman–Crippen LogP) is 4.52. The molecule has 0 spiro atoms. The average molecular weight is 332 g/mol. The van der Waals surface area contributed by atoms with E-state index in [-0.39, 0.29) is 5.91 Å². The topological polar surface area (TPSA) is 54.0 Å². The number of fused-ring (bicyclic) bond motifs is 1. The minimum Gasteiger partial charge on any atom is -0.380 e. The molecule has 0 aliphatic rings. The lowest BCUT2D eigenvalue weighted by Crippen LogP contribution is -2.07. The van der Waals surface area contributed by atoms with Gasteiger partial charge in [0.1, 0.15) is 0 Å². The number of nitrogens with zero attached hydrogens (tertiary/aromatic N) is 1. The largest absolute Gasteiger partial charge is 0.380 e. The van der Waals surface area contributed by atoms with Gasteiger partial charge in [0.05, 0.1) is 12.2 Å². The van der Waals surface area contributed by atoms with Gasteiger partial charge in [-0.05, 0) is 17.5 Å². The van der Waals surface area contributed by atoms with Crippen molar-refractivity contribution in [2.75, 3.05) is 10.6 Å². The maximum absolute atomic E-state index is 11.4. The van der Waals surface area contributed by atoms with Gasteiger partial charge in [0, 0.05) is 29.1 Å². The molecule has 0 radical (unpaired) electrons. The van der Waals surface area contributed by atoms with Crippen LogP contribution >= 0.6 is 22.9 Å². The lowest BCUT2D eigenvalue weighted by Gasteiger charge is -2.12. The third kappa shape index (κ3) is 3.37. The van der Waals surface area contributed by atoms with Crippen LogP contribution in [0, 0.1) is 0 Å². The highest BCUT2D eigenvalue weighted by atomic mass is 35.5. The van der Waals surface area contributed by atoms with Crippen LogP contribution in [-0.2, 0) is 11.3 Å². The summed E-state index contributed by atoms with van der Waals surface area (Å²) in [4.78, 5) is 16.5. The van der Waals surface area contributed by atoms with Gasteiger partial charge in [0.25, 0.3) is 0 Å². The molecule has 0 bridgehead atoms. The van der Waals surface area contributed by atoms with Crippen LogP contribution in [0.2, 0.25) is 4.47 Å². The second kappa shape index (κ2) is 6.34. The molecule has 0 saturated carbocycles. The zero-order valence-electron chi connectivity index (χ0n) is 11.9. The predicted molar refractivity (Wildman–Crippen MR) is 92.7 cm³/mol. The first-order valence-electron chi connectivity index (χ1n) is 6.76. The van der Waals surface area contributed by atoms with E-state index in [2.05, 4.69) is 21.7 Å². The number of hydrogen-bond donors (Lipinski definition) is 2. The van der Waals surface area contributed by atoms with Gasteiger partial charge < -0.3 is 10.6 Å². The van der Waals surface area contributed by atoms with Crippen molar-refractivity contribution >= 4 is 51.0 Å². The lowest BCUT2D eigenvalue weighted by molar-refractivity contribution is -0.114. The lowest BCUT2D eigenvalue weighted by atomic mass is 10.1. The Hall–Kier alpha value is -2.11. The van der Waals surface area contributed by atoms with Crippen LogP contribution in [0.1, 0.15) is 11.8 Å². The first-order chi connectivity index (χ1) is 10.6. The summed E-state index contributed by atoms with van der Waals surface area (Å²) in [5.74, 6) is -0.0865.